The molecule has 0 amide bonds. The minimum Gasteiger partial charge on any atom is -0.296 e. The molecule has 1 atom stereocenters. The first-order valence-electron chi connectivity index (χ1n) is 6.00. The number of benzene rings is 1. The van der Waals surface area contributed by atoms with E-state index < -0.39 is 12.2 Å². The SMILES string of the molecule is CN1CCN(Cc2ccccc2)CC1C(F)(F)F. The number of piperazine rings is 1. The number of hydrogen-bond donors (Lipinski definition) is 0. The van der Waals surface area contributed by atoms with Gasteiger partial charge in [-0.1, -0.05) is 30.3 Å². The first-order valence-corrected chi connectivity index (χ1v) is 6.00. The minimum atomic E-state index is -4.15. The lowest BCUT2D eigenvalue weighted by Gasteiger charge is -2.40. The number of halogens is 3. The zero-order chi connectivity index (χ0) is 13.2. The lowest BCUT2D eigenvalue weighted by molar-refractivity contribution is -0.193. The van der Waals surface area contributed by atoms with E-state index in [0.717, 1.165) is 5.56 Å². The molecule has 18 heavy (non-hydrogen) atoms. The fourth-order valence-corrected chi connectivity index (χ4v) is 2.27. The number of nitrogens with zero attached hydrogens (tertiary/aromatic N) is 2. The van der Waals surface area contributed by atoms with Crippen molar-refractivity contribution < 1.29 is 13.2 Å². The zero-order valence-corrected chi connectivity index (χ0v) is 10.3. The molecule has 0 radical (unpaired) electrons. The Bertz CT molecular complexity index is 378. The summed E-state index contributed by atoms with van der Waals surface area (Å²) in [5, 5.41) is 0. The van der Waals surface area contributed by atoms with Crippen molar-refractivity contribution in [1.29, 1.82) is 0 Å². The molecule has 1 aliphatic rings. The molecule has 0 N–H and O–H groups in total. The van der Waals surface area contributed by atoms with E-state index in [0.29, 0.717) is 19.6 Å². The van der Waals surface area contributed by atoms with Gasteiger partial charge in [0.1, 0.15) is 6.04 Å². The topological polar surface area (TPSA) is 6.48 Å². The molecule has 2 nitrogen and oxygen atoms in total. The van der Waals surface area contributed by atoms with Crippen LogP contribution in [0.5, 0.6) is 0 Å². The van der Waals surface area contributed by atoms with Gasteiger partial charge in [-0.2, -0.15) is 13.2 Å². The highest BCUT2D eigenvalue weighted by Crippen LogP contribution is 2.27. The molecular formula is C13H17F3N2. The smallest absolute Gasteiger partial charge is 0.296 e. The van der Waals surface area contributed by atoms with Crippen LogP contribution in [-0.2, 0) is 6.54 Å². The van der Waals surface area contributed by atoms with Crippen molar-refractivity contribution in [3.05, 3.63) is 35.9 Å². The van der Waals surface area contributed by atoms with Crippen molar-refractivity contribution in [2.75, 3.05) is 26.7 Å². The molecule has 0 aliphatic carbocycles. The van der Waals surface area contributed by atoms with Crippen molar-refractivity contribution in [1.82, 2.24) is 9.80 Å². The molecule has 1 aromatic carbocycles. The third kappa shape index (κ3) is 3.23. The second-order valence-electron chi connectivity index (χ2n) is 4.76. The fraction of sp³-hybridized carbons (Fsp3) is 0.538. The van der Waals surface area contributed by atoms with E-state index in [1.165, 1.54) is 11.9 Å². The molecular weight excluding hydrogens is 241 g/mol. The lowest BCUT2D eigenvalue weighted by atomic mass is 10.1. The number of alkyl halides is 3. The second kappa shape index (κ2) is 5.28. The molecule has 100 valence electrons. The maximum atomic E-state index is 12.8. The summed E-state index contributed by atoms with van der Waals surface area (Å²) in [6.07, 6.45) is -4.15. The first kappa shape index (κ1) is 13.4. The Morgan fingerprint density at radius 2 is 1.83 bits per heavy atom. The Hall–Kier alpha value is -1.07. The van der Waals surface area contributed by atoms with Crippen LogP contribution in [0.2, 0.25) is 0 Å². The van der Waals surface area contributed by atoms with Gasteiger partial charge in [-0.05, 0) is 12.6 Å². The van der Waals surface area contributed by atoms with E-state index in [1.807, 2.05) is 35.2 Å². The van der Waals surface area contributed by atoms with Crippen LogP contribution in [-0.4, -0.2) is 48.7 Å². The zero-order valence-electron chi connectivity index (χ0n) is 10.3. The molecule has 1 aromatic rings. The van der Waals surface area contributed by atoms with E-state index in [9.17, 15) is 13.2 Å². The van der Waals surface area contributed by atoms with Crippen LogP contribution in [0.25, 0.3) is 0 Å². The van der Waals surface area contributed by atoms with E-state index >= 15 is 0 Å². The summed E-state index contributed by atoms with van der Waals surface area (Å²) in [5.41, 5.74) is 1.06. The summed E-state index contributed by atoms with van der Waals surface area (Å²) in [4.78, 5) is 3.26. The van der Waals surface area contributed by atoms with E-state index in [1.54, 1.807) is 0 Å². The van der Waals surface area contributed by atoms with Crippen molar-refractivity contribution in [3.8, 4) is 0 Å². The molecule has 0 aromatic heterocycles. The molecule has 2 rings (SSSR count). The molecule has 1 heterocycles. The van der Waals surface area contributed by atoms with E-state index in [4.69, 9.17) is 0 Å². The standard InChI is InChI=1S/C13H17F3N2/c1-17-7-8-18(10-12(17)13(14,15)16)9-11-5-3-2-4-6-11/h2-6,12H,7-10H2,1H3. The molecule has 0 spiro atoms. The van der Waals surface area contributed by atoms with Crippen molar-refractivity contribution in [2.45, 2.75) is 18.8 Å². The van der Waals surface area contributed by atoms with Gasteiger partial charge >= 0.3 is 6.18 Å². The van der Waals surface area contributed by atoms with Crippen LogP contribution in [0, 0.1) is 0 Å². The van der Waals surface area contributed by atoms with Gasteiger partial charge in [0.2, 0.25) is 0 Å². The van der Waals surface area contributed by atoms with Gasteiger partial charge < -0.3 is 0 Å². The monoisotopic (exact) mass is 258 g/mol. The van der Waals surface area contributed by atoms with Crippen LogP contribution in [0.4, 0.5) is 13.2 Å². The Balaban J connectivity index is 2.00. The average molecular weight is 258 g/mol. The van der Waals surface area contributed by atoms with Crippen LogP contribution in [0.15, 0.2) is 30.3 Å². The van der Waals surface area contributed by atoms with Gasteiger partial charge in [0.15, 0.2) is 0 Å². The van der Waals surface area contributed by atoms with E-state index in [2.05, 4.69) is 0 Å². The van der Waals surface area contributed by atoms with Crippen LogP contribution < -0.4 is 0 Å². The maximum absolute atomic E-state index is 12.8. The highest BCUT2D eigenvalue weighted by Gasteiger charge is 2.44. The van der Waals surface area contributed by atoms with Gasteiger partial charge in [0, 0.05) is 26.2 Å². The van der Waals surface area contributed by atoms with Gasteiger partial charge in [-0.15, -0.1) is 0 Å². The van der Waals surface area contributed by atoms with Gasteiger partial charge in [0.05, 0.1) is 0 Å². The van der Waals surface area contributed by atoms with Gasteiger partial charge in [0.25, 0.3) is 0 Å². The van der Waals surface area contributed by atoms with Gasteiger partial charge in [-0.3, -0.25) is 9.80 Å². The maximum Gasteiger partial charge on any atom is 0.405 e. The Labute approximate surface area is 105 Å². The fourth-order valence-electron chi connectivity index (χ4n) is 2.27. The Morgan fingerprint density at radius 3 is 2.44 bits per heavy atom. The summed E-state index contributed by atoms with van der Waals surface area (Å²) in [7, 11) is 1.54. The lowest BCUT2D eigenvalue weighted by Crippen LogP contribution is -2.57. The largest absolute Gasteiger partial charge is 0.405 e. The summed E-state index contributed by atoms with van der Waals surface area (Å²) in [5.74, 6) is 0. The predicted molar refractivity (Wildman–Crippen MR) is 64.2 cm³/mol. The van der Waals surface area contributed by atoms with Gasteiger partial charge in [-0.25, -0.2) is 0 Å². The highest BCUT2D eigenvalue weighted by atomic mass is 19.4. The Morgan fingerprint density at radius 1 is 1.17 bits per heavy atom. The average Bonchev–Trinajstić information content (AvgIpc) is 2.31. The third-order valence-corrected chi connectivity index (χ3v) is 3.36. The highest BCUT2D eigenvalue weighted by molar-refractivity contribution is 5.14. The molecule has 5 heteroatoms. The summed E-state index contributed by atoms with van der Waals surface area (Å²) in [6, 6.07) is 8.27. The molecule has 1 fully saturated rings. The van der Waals surface area contributed by atoms with Crippen molar-refractivity contribution in [3.63, 3.8) is 0 Å². The number of hydrogen-bond acceptors (Lipinski definition) is 2. The third-order valence-electron chi connectivity index (χ3n) is 3.36. The quantitative estimate of drug-likeness (QED) is 0.803. The summed E-state index contributed by atoms with van der Waals surface area (Å²) >= 11 is 0. The molecule has 1 saturated heterocycles. The summed E-state index contributed by atoms with van der Waals surface area (Å²) < 4.78 is 38.5. The number of rotatable bonds is 2. The van der Waals surface area contributed by atoms with Crippen molar-refractivity contribution in [2.24, 2.45) is 0 Å². The molecule has 0 saturated carbocycles. The molecule has 1 unspecified atom stereocenters. The van der Waals surface area contributed by atoms with Crippen molar-refractivity contribution >= 4 is 0 Å². The molecule has 1 aliphatic heterocycles. The van der Waals surface area contributed by atoms with Crippen LogP contribution >= 0.6 is 0 Å². The normalized spacial score (nSPS) is 23.2. The second-order valence-corrected chi connectivity index (χ2v) is 4.76. The predicted octanol–water partition coefficient (Wildman–Crippen LogP) is 2.36. The first-order chi connectivity index (χ1) is 8.47. The van der Waals surface area contributed by atoms with Crippen LogP contribution in [0.3, 0.4) is 0 Å². The van der Waals surface area contributed by atoms with Crippen LogP contribution in [0.1, 0.15) is 5.56 Å². The number of likely N-dealkylation sites (N-methyl/N-ethyl adjacent to an activating group) is 1. The Kier molecular flexibility index (Phi) is 3.92. The van der Waals surface area contributed by atoms with E-state index in [-0.39, 0.29) is 6.54 Å². The minimum absolute atomic E-state index is 0.0505. The summed E-state index contributed by atoms with van der Waals surface area (Å²) in [6.45, 7) is 1.77. The molecule has 0 bridgehead atoms.